The van der Waals surface area contributed by atoms with Crippen molar-refractivity contribution in [2.45, 2.75) is 13.8 Å². The lowest BCUT2D eigenvalue weighted by molar-refractivity contribution is 0.0953. The average molecular weight is 198 g/mol. The molecule has 0 heterocycles. The molecule has 14 heavy (non-hydrogen) atoms. The molecule has 0 unspecified atom stereocenters. The number of hydrogen-bond donors (Lipinski definition) is 1. The van der Waals surface area contributed by atoms with Gasteiger partial charge in [0.15, 0.2) is 11.6 Å². The highest BCUT2D eigenvalue weighted by molar-refractivity contribution is 5.23. The van der Waals surface area contributed by atoms with Crippen LogP contribution in [0.1, 0.15) is 13.8 Å². The molecule has 0 aliphatic carbocycles. The lowest BCUT2D eigenvalue weighted by Gasteiger charge is -2.21. The van der Waals surface area contributed by atoms with Crippen LogP contribution in [0.15, 0.2) is 24.3 Å². The highest BCUT2D eigenvalue weighted by Gasteiger charge is 2.18. The number of para-hydroxylation sites is 1. The number of halogens is 1. The summed E-state index contributed by atoms with van der Waals surface area (Å²) in [5.41, 5.74) is -0.345. The van der Waals surface area contributed by atoms with E-state index in [0.717, 1.165) is 0 Å². The zero-order valence-corrected chi connectivity index (χ0v) is 8.46. The molecule has 0 aromatic heterocycles. The van der Waals surface area contributed by atoms with Crippen molar-refractivity contribution in [3.8, 4) is 5.75 Å². The molecular weight excluding hydrogens is 183 g/mol. The van der Waals surface area contributed by atoms with Crippen LogP contribution in [0.5, 0.6) is 5.75 Å². The summed E-state index contributed by atoms with van der Waals surface area (Å²) in [7, 11) is 0. The molecule has 0 saturated heterocycles. The van der Waals surface area contributed by atoms with Crippen molar-refractivity contribution in [2.75, 3.05) is 13.2 Å². The average Bonchev–Trinajstić information content (AvgIpc) is 2.17. The molecule has 1 N–H and O–H groups in total. The molecular formula is C11H15FO2. The summed E-state index contributed by atoms with van der Waals surface area (Å²) >= 11 is 0. The number of aliphatic hydroxyl groups excluding tert-OH is 1. The van der Waals surface area contributed by atoms with Gasteiger partial charge >= 0.3 is 0 Å². The maximum absolute atomic E-state index is 13.1. The Balaban J connectivity index is 2.58. The largest absolute Gasteiger partial charge is 0.490 e. The summed E-state index contributed by atoms with van der Waals surface area (Å²) in [4.78, 5) is 0. The standard InChI is InChI=1S/C11H15FO2/c1-11(2,7-13)8-14-10-6-4-3-5-9(10)12/h3-6,13H,7-8H2,1-2H3. The molecule has 0 fully saturated rings. The topological polar surface area (TPSA) is 29.5 Å². The zero-order chi connectivity index (χ0) is 10.6. The third-order valence-electron chi connectivity index (χ3n) is 1.88. The van der Waals surface area contributed by atoms with Gasteiger partial charge in [0.2, 0.25) is 0 Å². The van der Waals surface area contributed by atoms with E-state index in [1.54, 1.807) is 18.2 Å². The van der Waals surface area contributed by atoms with Crippen LogP contribution in [-0.2, 0) is 0 Å². The van der Waals surface area contributed by atoms with Crippen molar-refractivity contribution in [3.63, 3.8) is 0 Å². The van der Waals surface area contributed by atoms with Crippen molar-refractivity contribution in [1.82, 2.24) is 0 Å². The lowest BCUT2D eigenvalue weighted by Crippen LogP contribution is -2.25. The van der Waals surface area contributed by atoms with Gasteiger partial charge in [0.05, 0.1) is 13.2 Å². The third-order valence-corrected chi connectivity index (χ3v) is 1.88. The van der Waals surface area contributed by atoms with Gasteiger partial charge in [0.25, 0.3) is 0 Å². The molecule has 78 valence electrons. The molecule has 0 aliphatic heterocycles. The summed E-state index contributed by atoms with van der Waals surface area (Å²) in [6.07, 6.45) is 0. The molecule has 0 spiro atoms. The summed E-state index contributed by atoms with van der Waals surface area (Å²) in [5, 5.41) is 8.97. The lowest BCUT2D eigenvalue weighted by atomic mass is 9.96. The smallest absolute Gasteiger partial charge is 0.165 e. The van der Waals surface area contributed by atoms with Gasteiger partial charge in [-0.1, -0.05) is 26.0 Å². The third kappa shape index (κ3) is 3.00. The van der Waals surface area contributed by atoms with Crippen LogP contribution in [0.3, 0.4) is 0 Å². The van der Waals surface area contributed by atoms with Gasteiger partial charge in [0, 0.05) is 5.41 Å². The van der Waals surface area contributed by atoms with Crippen LogP contribution in [0, 0.1) is 11.2 Å². The van der Waals surface area contributed by atoms with Gasteiger partial charge in [0.1, 0.15) is 0 Å². The second-order valence-corrected chi connectivity index (χ2v) is 4.04. The minimum atomic E-state index is -0.374. The molecule has 0 radical (unpaired) electrons. The van der Waals surface area contributed by atoms with Gasteiger partial charge < -0.3 is 9.84 Å². The molecule has 2 nitrogen and oxygen atoms in total. The summed E-state index contributed by atoms with van der Waals surface area (Å²) in [6.45, 7) is 4.02. The number of benzene rings is 1. The summed E-state index contributed by atoms with van der Waals surface area (Å²) < 4.78 is 18.3. The van der Waals surface area contributed by atoms with E-state index in [0.29, 0.717) is 6.61 Å². The van der Waals surface area contributed by atoms with Crippen molar-refractivity contribution in [3.05, 3.63) is 30.1 Å². The Morgan fingerprint density at radius 2 is 2.00 bits per heavy atom. The first-order chi connectivity index (χ1) is 6.55. The molecule has 0 aliphatic rings. The van der Waals surface area contributed by atoms with Crippen LogP contribution >= 0.6 is 0 Å². The Bertz CT molecular complexity index is 297. The zero-order valence-electron chi connectivity index (χ0n) is 8.46. The van der Waals surface area contributed by atoms with Crippen molar-refractivity contribution < 1.29 is 14.2 Å². The van der Waals surface area contributed by atoms with Gasteiger partial charge in [-0.25, -0.2) is 4.39 Å². The monoisotopic (exact) mass is 198 g/mol. The van der Waals surface area contributed by atoms with Gasteiger partial charge in [-0.3, -0.25) is 0 Å². The first-order valence-electron chi connectivity index (χ1n) is 4.53. The summed E-state index contributed by atoms with van der Waals surface area (Å²) in [5.74, 6) is -0.143. The number of aliphatic hydroxyl groups is 1. The van der Waals surface area contributed by atoms with Crippen LogP contribution in [0.25, 0.3) is 0 Å². The second-order valence-electron chi connectivity index (χ2n) is 4.04. The van der Waals surface area contributed by atoms with Gasteiger partial charge in [-0.2, -0.15) is 0 Å². The highest BCUT2D eigenvalue weighted by Crippen LogP contribution is 2.20. The molecule has 0 amide bonds. The highest BCUT2D eigenvalue weighted by atomic mass is 19.1. The van der Waals surface area contributed by atoms with Crippen LogP contribution in [0.4, 0.5) is 4.39 Å². The Morgan fingerprint density at radius 3 is 2.57 bits per heavy atom. The predicted molar refractivity (Wildman–Crippen MR) is 52.8 cm³/mol. The van der Waals surface area contributed by atoms with Crippen molar-refractivity contribution >= 4 is 0 Å². The maximum atomic E-state index is 13.1. The SMILES string of the molecule is CC(C)(CO)COc1ccccc1F. The first kappa shape index (κ1) is 11.0. The van der Waals surface area contributed by atoms with E-state index in [2.05, 4.69) is 0 Å². The number of hydrogen-bond acceptors (Lipinski definition) is 2. The van der Waals surface area contributed by atoms with Crippen LogP contribution in [0.2, 0.25) is 0 Å². The maximum Gasteiger partial charge on any atom is 0.165 e. The van der Waals surface area contributed by atoms with Crippen molar-refractivity contribution in [1.29, 1.82) is 0 Å². The minimum Gasteiger partial charge on any atom is -0.490 e. The fourth-order valence-electron chi connectivity index (χ4n) is 0.881. The number of rotatable bonds is 4. The first-order valence-corrected chi connectivity index (χ1v) is 4.53. The van der Waals surface area contributed by atoms with E-state index in [9.17, 15) is 4.39 Å². The van der Waals surface area contributed by atoms with E-state index < -0.39 is 0 Å². The quantitative estimate of drug-likeness (QED) is 0.803. The summed E-state index contributed by atoms with van der Waals surface area (Å²) in [6, 6.07) is 6.24. The van der Waals surface area contributed by atoms with Gasteiger partial charge in [-0.15, -0.1) is 0 Å². The van der Waals surface area contributed by atoms with Gasteiger partial charge in [-0.05, 0) is 12.1 Å². The van der Waals surface area contributed by atoms with E-state index in [1.165, 1.54) is 6.07 Å². The molecule has 3 heteroatoms. The molecule has 0 saturated carbocycles. The Hall–Kier alpha value is -1.09. The Kier molecular flexibility index (Phi) is 3.47. The fourth-order valence-corrected chi connectivity index (χ4v) is 0.881. The molecule has 0 bridgehead atoms. The second kappa shape index (κ2) is 4.42. The fraction of sp³-hybridized carbons (Fsp3) is 0.455. The Labute approximate surface area is 83.3 Å². The van der Waals surface area contributed by atoms with E-state index in [-0.39, 0.29) is 23.6 Å². The molecule has 1 rings (SSSR count). The molecule has 1 aromatic carbocycles. The van der Waals surface area contributed by atoms with Crippen LogP contribution < -0.4 is 4.74 Å². The van der Waals surface area contributed by atoms with E-state index >= 15 is 0 Å². The molecule has 1 aromatic rings. The van der Waals surface area contributed by atoms with Crippen molar-refractivity contribution in [2.24, 2.45) is 5.41 Å². The minimum absolute atomic E-state index is 0.0153. The number of ether oxygens (including phenoxy) is 1. The molecule has 0 atom stereocenters. The van der Waals surface area contributed by atoms with E-state index in [4.69, 9.17) is 9.84 Å². The normalized spacial score (nSPS) is 11.4. The van der Waals surface area contributed by atoms with E-state index in [1.807, 2.05) is 13.8 Å². The Morgan fingerprint density at radius 1 is 1.36 bits per heavy atom. The predicted octanol–water partition coefficient (Wildman–Crippen LogP) is 2.22. The van der Waals surface area contributed by atoms with Crippen LogP contribution in [-0.4, -0.2) is 18.3 Å².